The van der Waals surface area contributed by atoms with Gasteiger partial charge in [0.2, 0.25) is 5.95 Å². The Morgan fingerprint density at radius 1 is 1.09 bits per heavy atom. The zero-order chi connectivity index (χ0) is 23.4. The molecule has 2 aromatic rings. The van der Waals surface area contributed by atoms with Gasteiger partial charge in [0, 0.05) is 43.7 Å². The maximum atomic E-state index is 11.5. The van der Waals surface area contributed by atoms with E-state index in [0.29, 0.717) is 30.6 Å². The molecule has 3 rings (SSSR count). The second-order valence-electron chi connectivity index (χ2n) is 8.51. The summed E-state index contributed by atoms with van der Waals surface area (Å²) in [4.78, 5) is 21.0. The van der Waals surface area contributed by atoms with Crippen LogP contribution in [0.25, 0.3) is 0 Å². The molecule has 0 radical (unpaired) electrons. The van der Waals surface area contributed by atoms with Crippen molar-refractivity contribution in [2.75, 3.05) is 27.2 Å². The van der Waals surface area contributed by atoms with E-state index in [4.69, 9.17) is 20.4 Å². The van der Waals surface area contributed by atoms with Gasteiger partial charge in [-0.15, -0.1) is 5.53 Å². The minimum Gasteiger partial charge on any atom is -0.426 e. The van der Waals surface area contributed by atoms with Gasteiger partial charge in [-0.2, -0.15) is 9.97 Å². The van der Waals surface area contributed by atoms with Gasteiger partial charge in [0.15, 0.2) is 11.6 Å². The Morgan fingerprint density at radius 3 is 2.41 bits per heavy atom. The molecule has 1 aliphatic heterocycles. The quantitative estimate of drug-likeness (QED) is 0.341. The van der Waals surface area contributed by atoms with E-state index in [1.807, 2.05) is 35.1 Å². The summed E-state index contributed by atoms with van der Waals surface area (Å²) in [5, 5.41) is 10.7. The van der Waals surface area contributed by atoms with Gasteiger partial charge in [-0.3, -0.25) is 14.8 Å². The molecule has 0 aliphatic carbocycles. The monoisotopic (exact) mass is 442 g/mol. The minimum atomic E-state index is -0.356. The Morgan fingerprint density at radius 2 is 1.78 bits per heavy atom. The zero-order valence-corrected chi connectivity index (χ0v) is 19.6. The van der Waals surface area contributed by atoms with Gasteiger partial charge in [0.1, 0.15) is 11.4 Å². The highest BCUT2D eigenvalue weighted by Gasteiger charge is 2.34. The smallest absolute Gasteiger partial charge is 0.308 e. The summed E-state index contributed by atoms with van der Waals surface area (Å²) in [6.45, 7) is 12.7. The van der Waals surface area contributed by atoms with Crippen LogP contribution in [-0.4, -0.2) is 40.6 Å². The second-order valence-corrected chi connectivity index (χ2v) is 8.51. The molecular weight excluding hydrogens is 408 g/mol. The van der Waals surface area contributed by atoms with Gasteiger partial charge in [-0.1, -0.05) is 18.2 Å². The second kappa shape index (κ2) is 10.0. The molecule has 0 fully saturated rings. The van der Waals surface area contributed by atoms with Crippen molar-refractivity contribution < 1.29 is 9.53 Å². The molecule has 1 aliphatic rings. The highest BCUT2D eigenvalue weighted by molar-refractivity contribution is 5.83. The summed E-state index contributed by atoms with van der Waals surface area (Å²) in [7, 11) is 0. The maximum Gasteiger partial charge on any atom is 0.308 e. The maximum absolute atomic E-state index is 11.5. The molecule has 1 unspecified atom stereocenters. The number of nitrogens with two attached hydrogens (primary N) is 1. The fraction of sp³-hybridized carbons (Fsp3) is 0.500. The van der Waals surface area contributed by atoms with Crippen LogP contribution in [0.3, 0.4) is 0 Å². The number of nitrogens with one attached hydrogen (secondary N) is 3. The van der Waals surface area contributed by atoms with Crippen LogP contribution in [0.5, 0.6) is 5.75 Å². The van der Waals surface area contributed by atoms with Crippen molar-refractivity contribution in [1.29, 1.82) is 0 Å². The lowest BCUT2D eigenvalue weighted by molar-refractivity contribution is -0.131. The molecule has 0 saturated carbocycles. The molecule has 0 saturated heterocycles. The van der Waals surface area contributed by atoms with Crippen LogP contribution >= 0.6 is 0 Å². The first kappa shape index (κ1) is 23.6. The Kier molecular flexibility index (Phi) is 7.37. The number of hydrogen-bond acceptors (Lipinski definition) is 10. The SMILES string of the molecule is CC(=O)Oc1ccccc1CNc1nc(NCC(C)N)nc2c1N(C(C)C)NN2C(C)C. The highest BCUT2D eigenvalue weighted by atomic mass is 16.5. The molecule has 1 aromatic heterocycles. The third-order valence-corrected chi connectivity index (χ3v) is 4.84. The summed E-state index contributed by atoms with van der Waals surface area (Å²) in [6.07, 6.45) is 0. The van der Waals surface area contributed by atoms with Gasteiger partial charge in [-0.05, 0) is 40.7 Å². The summed E-state index contributed by atoms with van der Waals surface area (Å²) < 4.78 is 5.35. The lowest BCUT2D eigenvalue weighted by Crippen LogP contribution is -2.50. The predicted molar refractivity (Wildman–Crippen MR) is 128 cm³/mol. The fourth-order valence-electron chi connectivity index (χ4n) is 3.32. The minimum absolute atomic E-state index is 0.0367. The van der Waals surface area contributed by atoms with E-state index in [-0.39, 0.29) is 24.1 Å². The van der Waals surface area contributed by atoms with Crippen molar-refractivity contribution >= 4 is 29.2 Å². The first-order chi connectivity index (χ1) is 15.2. The molecule has 1 atom stereocenters. The van der Waals surface area contributed by atoms with E-state index in [1.54, 1.807) is 6.07 Å². The number of para-hydroxylation sites is 1. The van der Waals surface area contributed by atoms with Crippen LogP contribution in [0.4, 0.5) is 23.3 Å². The molecule has 10 nitrogen and oxygen atoms in total. The van der Waals surface area contributed by atoms with Crippen molar-refractivity contribution in [3.63, 3.8) is 0 Å². The molecule has 5 N–H and O–H groups in total. The van der Waals surface area contributed by atoms with E-state index in [2.05, 4.69) is 43.9 Å². The third kappa shape index (κ3) is 5.38. The molecule has 1 aromatic carbocycles. The van der Waals surface area contributed by atoms with Crippen LogP contribution in [0.15, 0.2) is 24.3 Å². The van der Waals surface area contributed by atoms with E-state index >= 15 is 0 Å². The van der Waals surface area contributed by atoms with Crippen LogP contribution in [-0.2, 0) is 11.3 Å². The number of benzene rings is 1. The number of carbonyl (C=O) groups is 1. The standard InChI is InChI=1S/C22H34N8O2/c1-13(2)29-19-20(24-12-17-9-7-8-10-18(17)32-16(6)31)26-22(25-11-15(5)23)27-21(19)30(28-29)14(3)4/h7-10,13-15,28H,11-12,23H2,1-6H3,(H2,24,25,26,27). The lowest BCUT2D eigenvalue weighted by Gasteiger charge is -2.27. The molecule has 10 heteroatoms. The number of anilines is 4. The van der Waals surface area contributed by atoms with Crippen molar-refractivity contribution in [1.82, 2.24) is 15.5 Å². The van der Waals surface area contributed by atoms with Gasteiger partial charge in [0.05, 0.1) is 0 Å². The number of aromatic nitrogens is 2. The third-order valence-electron chi connectivity index (χ3n) is 4.84. The number of esters is 1. The fourth-order valence-corrected chi connectivity index (χ4v) is 3.32. The topological polar surface area (TPSA) is 121 Å². The van der Waals surface area contributed by atoms with Crippen LogP contribution in [0.2, 0.25) is 0 Å². The average Bonchev–Trinajstić information content (AvgIpc) is 3.11. The summed E-state index contributed by atoms with van der Waals surface area (Å²) >= 11 is 0. The van der Waals surface area contributed by atoms with Crippen molar-refractivity contribution in [2.45, 2.75) is 66.2 Å². The van der Waals surface area contributed by atoms with Crippen molar-refractivity contribution in [3.8, 4) is 5.75 Å². The Bertz CT molecular complexity index is 948. The normalized spacial score (nSPS) is 14.0. The molecule has 32 heavy (non-hydrogen) atoms. The lowest BCUT2D eigenvalue weighted by atomic mass is 10.2. The number of carbonyl (C=O) groups excluding carboxylic acids is 1. The highest BCUT2D eigenvalue weighted by Crippen LogP contribution is 2.40. The summed E-state index contributed by atoms with van der Waals surface area (Å²) in [6, 6.07) is 7.74. The molecule has 0 spiro atoms. The number of rotatable bonds is 9. The Balaban J connectivity index is 1.99. The van der Waals surface area contributed by atoms with E-state index in [0.717, 1.165) is 17.1 Å². The molecular formula is C22H34N8O2. The molecule has 0 amide bonds. The Hall–Kier alpha value is -3.11. The first-order valence-electron chi connectivity index (χ1n) is 10.9. The van der Waals surface area contributed by atoms with Gasteiger partial charge in [-0.25, -0.2) is 0 Å². The molecule has 2 heterocycles. The first-order valence-corrected chi connectivity index (χ1v) is 10.9. The number of hydrogen-bond donors (Lipinski definition) is 4. The summed E-state index contributed by atoms with van der Waals surface area (Å²) in [5.74, 6) is 2.12. The summed E-state index contributed by atoms with van der Waals surface area (Å²) in [5.41, 5.74) is 11.1. The zero-order valence-electron chi connectivity index (χ0n) is 19.6. The van der Waals surface area contributed by atoms with Crippen molar-refractivity contribution in [2.24, 2.45) is 5.73 Å². The predicted octanol–water partition coefficient (Wildman–Crippen LogP) is 2.64. The molecule has 174 valence electrons. The number of hydrazine groups is 2. The van der Waals surface area contributed by atoms with Crippen LogP contribution in [0.1, 0.15) is 47.1 Å². The largest absolute Gasteiger partial charge is 0.426 e. The van der Waals surface area contributed by atoms with Crippen LogP contribution in [0, 0.1) is 0 Å². The van der Waals surface area contributed by atoms with E-state index < -0.39 is 0 Å². The van der Waals surface area contributed by atoms with Gasteiger partial charge < -0.3 is 21.1 Å². The average molecular weight is 443 g/mol. The Labute approximate surface area is 189 Å². The number of nitrogens with zero attached hydrogens (tertiary/aromatic N) is 4. The number of fused-ring (bicyclic) bond motifs is 1. The van der Waals surface area contributed by atoms with E-state index in [1.165, 1.54) is 6.92 Å². The van der Waals surface area contributed by atoms with Gasteiger partial charge in [0.25, 0.3) is 0 Å². The van der Waals surface area contributed by atoms with Crippen LogP contribution < -0.4 is 36.7 Å². The van der Waals surface area contributed by atoms with Gasteiger partial charge >= 0.3 is 5.97 Å². The van der Waals surface area contributed by atoms with Crippen molar-refractivity contribution in [3.05, 3.63) is 29.8 Å². The van der Waals surface area contributed by atoms with E-state index in [9.17, 15) is 4.79 Å². The number of ether oxygens (including phenoxy) is 1. The molecule has 0 bridgehead atoms.